The second-order valence-corrected chi connectivity index (χ2v) is 6.60. The molecule has 2 unspecified atom stereocenters. The van der Waals surface area contributed by atoms with Gasteiger partial charge in [-0.05, 0) is 49.9 Å². The molecule has 0 radical (unpaired) electrons. The zero-order valence-electron chi connectivity index (χ0n) is 9.90. The molecule has 0 saturated heterocycles. The number of hydrogen-bond acceptors (Lipinski definition) is 1. The maximum atomic E-state index is 10.6. The van der Waals surface area contributed by atoms with Crippen LogP contribution in [0.4, 0.5) is 0 Å². The highest BCUT2D eigenvalue weighted by atomic mass is 16.3. The minimum absolute atomic E-state index is 0.259. The van der Waals surface area contributed by atoms with Gasteiger partial charge in [0.25, 0.3) is 0 Å². The fourth-order valence-corrected chi connectivity index (χ4v) is 3.81. The lowest BCUT2D eigenvalue weighted by Crippen LogP contribution is -2.47. The van der Waals surface area contributed by atoms with Crippen molar-refractivity contribution in [3.05, 3.63) is 0 Å². The van der Waals surface area contributed by atoms with Crippen molar-refractivity contribution in [3.8, 4) is 0 Å². The van der Waals surface area contributed by atoms with Crippen LogP contribution in [0.5, 0.6) is 0 Å². The highest BCUT2D eigenvalue weighted by Crippen LogP contribution is 2.59. The first-order chi connectivity index (χ1) is 6.37. The van der Waals surface area contributed by atoms with Crippen LogP contribution >= 0.6 is 0 Å². The van der Waals surface area contributed by atoms with Gasteiger partial charge in [0.2, 0.25) is 0 Å². The van der Waals surface area contributed by atoms with Crippen molar-refractivity contribution in [1.29, 1.82) is 0 Å². The Kier molecular flexibility index (Phi) is 2.23. The van der Waals surface area contributed by atoms with Gasteiger partial charge in [-0.1, -0.05) is 26.7 Å². The van der Waals surface area contributed by atoms with Crippen molar-refractivity contribution >= 4 is 0 Å². The average Bonchev–Trinajstić information content (AvgIpc) is 2.36. The molecule has 0 aliphatic heterocycles. The standard InChI is InChI=1S/C13H24O/c1-11(2)8-9-13(10-11)7-5-4-6-12(13,3)14/h14H,4-10H2,1-3H3. The van der Waals surface area contributed by atoms with Crippen molar-refractivity contribution in [2.75, 3.05) is 0 Å². The van der Waals surface area contributed by atoms with E-state index in [1.807, 2.05) is 0 Å². The first-order valence-corrected chi connectivity index (χ1v) is 6.09. The van der Waals surface area contributed by atoms with Gasteiger partial charge in [-0.2, -0.15) is 0 Å². The summed E-state index contributed by atoms with van der Waals surface area (Å²) in [6, 6.07) is 0. The summed E-state index contributed by atoms with van der Waals surface area (Å²) in [5.41, 5.74) is 0.328. The third-order valence-corrected chi connectivity index (χ3v) is 4.81. The predicted molar refractivity (Wildman–Crippen MR) is 59.2 cm³/mol. The molecule has 0 aromatic carbocycles. The van der Waals surface area contributed by atoms with Gasteiger partial charge in [-0.3, -0.25) is 0 Å². The molecule has 2 aliphatic carbocycles. The zero-order valence-corrected chi connectivity index (χ0v) is 9.90. The van der Waals surface area contributed by atoms with Crippen molar-refractivity contribution in [1.82, 2.24) is 0 Å². The molecule has 0 aromatic rings. The van der Waals surface area contributed by atoms with Crippen LogP contribution in [0, 0.1) is 10.8 Å². The smallest absolute Gasteiger partial charge is 0.0675 e. The molecule has 0 amide bonds. The molecule has 1 heteroatoms. The van der Waals surface area contributed by atoms with Gasteiger partial charge < -0.3 is 5.11 Å². The van der Waals surface area contributed by atoms with Gasteiger partial charge in [0.05, 0.1) is 5.60 Å². The third-order valence-electron chi connectivity index (χ3n) is 4.81. The average molecular weight is 196 g/mol. The number of hydrogen-bond donors (Lipinski definition) is 1. The first-order valence-electron chi connectivity index (χ1n) is 6.09. The molecule has 14 heavy (non-hydrogen) atoms. The van der Waals surface area contributed by atoms with Crippen molar-refractivity contribution in [2.24, 2.45) is 10.8 Å². The lowest BCUT2D eigenvalue weighted by molar-refractivity contribution is -0.102. The fraction of sp³-hybridized carbons (Fsp3) is 1.00. The molecule has 0 heterocycles. The highest BCUT2D eigenvalue weighted by molar-refractivity contribution is 5.05. The molecule has 1 N–H and O–H groups in total. The quantitative estimate of drug-likeness (QED) is 0.628. The molecular formula is C13H24O. The van der Waals surface area contributed by atoms with Crippen LogP contribution in [0.15, 0.2) is 0 Å². The predicted octanol–water partition coefficient (Wildman–Crippen LogP) is 3.51. The molecule has 1 spiro atoms. The van der Waals surface area contributed by atoms with Crippen LogP contribution in [-0.4, -0.2) is 10.7 Å². The molecule has 2 aliphatic rings. The summed E-state index contributed by atoms with van der Waals surface area (Å²) >= 11 is 0. The van der Waals surface area contributed by atoms with E-state index in [9.17, 15) is 5.11 Å². The van der Waals surface area contributed by atoms with E-state index in [4.69, 9.17) is 0 Å². The third kappa shape index (κ3) is 1.50. The van der Waals surface area contributed by atoms with Crippen LogP contribution in [0.2, 0.25) is 0 Å². The summed E-state index contributed by atoms with van der Waals surface area (Å²) in [6.45, 7) is 6.78. The fourth-order valence-electron chi connectivity index (χ4n) is 3.81. The van der Waals surface area contributed by atoms with E-state index in [0.29, 0.717) is 5.41 Å². The van der Waals surface area contributed by atoms with E-state index in [1.54, 1.807) is 0 Å². The summed E-state index contributed by atoms with van der Waals surface area (Å²) in [7, 11) is 0. The van der Waals surface area contributed by atoms with Crippen molar-refractivity contribution in [3.63, 3.8) is 0 Å². The summed E-state index contributed by atoms with van der Waals surface area (Å²) < 4.78 is 0. The Labute approximate surface area is 87.9 Å². The van der Waals surface area contributed by atoms with Gasteiger partial charge in [0.1, 0.15) is 0 Å². The topological polar surface area (TPSA) is 20.2 Å². The van der Waals surface area contributed by atoms with Gasteiger partial charge in [-0.15, -0.1) is 0 Å². The van der Waals surface area contributed by atoms with E-state index in [0.717, 1.165) is 6.42 Å². The molecule has 1 nitrogen and oxygen atoms in total. The van der Waals surface area contributed by atoms with Gasteiger partial charge in [-0.25, -0.2) is 0 Å². The second-order valence-electron chi connectivity index (χ2n) is 6.60. The van der Waals surface area contributed by atoms with Crippen molar-refractivity contribution in [2.45, 2.75) is 71.3 Å². The molecular weight excluding hydrogens is 172 g/mol. The Morgan fingerprint density at radius 1 is 0.857 bits per heavy atom. The largest absolute Gasteiger partial charge is 0.390 e. The maximum Gasteiger partial charge on any atom is 0.0675 e. The molecule has 2 rings (SSSR count). The molecule has 0 aromatic heterocycles. The first kappa shape index (κ1) is 10.5. The van der Waals surface area contributed by atoms with Gasteiger partial charge in [0, 0.05) is 0 Å². The van der Waals surface area contributed by atoms with Crippen LogP contribution in [-0.2, 0) is 0 Å². The molecule has 82 valence electrons. The van der Waals surface area contributed by atoms with E-state index in [2.05, 4.69) is 20.8 Å². The monoisotopic (exact) mass is 196 g/mol. The maximum absolute atomic E-state index is 10.6. The summed E-state index contributed by atoms with van der Waals surface area (Å²) in [6.07, 6.45) is 8.58. The van der Waals surface area contributed by atoms with Crippen LogP contribution in [0.25, 0.3) is 0 Å². The van der Waals surface area contributed by atoms with E-state index in [-0.39, 0.29) is 11.0 Å². The van der Waals surface area contributed by atoms with E-state index >= 15 is 0 Å². The van der Waals surface area contributed by atoms with Crippen molar-refractivity contribution < 1.29 is 5.11 Å². The summed E-state index contributed by atoms with van der Waals surface area (Å²) in [5, 5.41) is 10.6. The summed E-state index contributed by atoms with van der Waals surface area (Å²) in [5.74, 6) is 0. The molecule has 2 fully saturated rings. The molecule has 2 atom stereocenters. The molecule has 0 bridgehead atoms. The normalized spacial score (nSPS) is 47.1. The Hall–Kier alpha value is -0.0400. The van der Waals surface area contributed by atoms with Gasteiger partial charge in [0.15, 0.2) is 0 Å². The minimum Gasteiger partial charge on any atom is -0.390 e. The SMILES string of the molecule is CC1(C)CCC2(CCCCC2(C)O)C1. The zero-order chi connectivity index (χ0) is 10.4. The van der Waals surface area contributed by atoms with E-state index < -0.39 is 0 Å². The van der Waals surface area contributed by atoms with Gasteiger partial charge >= 0.3 is 0 Å². The Bertz CT molecular complexity index is 229. The lowest BCUT2D eigenvalue weighted by atomic mass is 9.62. The number of rotatable bonds is 0. The van der Waals surface area contributed by atoms with Crippen LogP contribution in [0.1, 0.15) is 65.7 Å². The summed E-state index contributed by atoms with van der Waals surface area (Å²) in [4.78, 5) is 0. The highest BCUT2D eigenvalue weighted by Gasteiger charge is 2.54. The Balaban J connectivity index is 2.22. The van der Waals surface area contributed by atoms with E-state index in [1.165, 1.54) is 38.5 Å². The minimum atomic E-state index is -0.390. The number of aliphatic hydroxyl groups is 1. The lowest BCUT2D eigenvalue weighted by Gasteiger charge is -2.47. The second kappa shape index (κ2) is 2.98. The Morgan fingerprint density at radius 2 is 1.50 bits per heavy atom. The van der Waals surface area contributed by atoms with Crippen LogP contribution < -0.4 is 0 Å². The van der Waals surface area contributed by atoms with Crippen LogP contribution in [0.3, 0.4) is 0 Å². The Morgan fingerprint density at radius 3 is 2.00 bits per heavy atom. The molecule has 2 saturated carbocycles.